The third kappa shape index (κ3) is 1.70. The molecule has 0 radical (unpaired) electrons. The maximum Gasteiger partial charge on any atom is 0.109 e. The van der Waals surface area contributed by atoms with Crippen LogP contribution in [-0.2, 0) is 13.0 Å². The Morgan fingerprint density at radius 3 is 3.00 bits per heavy atom. The summed E-state index contributed by atoms with van der Waals surface area (Å²) in [6.45, 7) is 1.11. The van der Waals surface area contributed by atoms with Crippen molar-refractivity contribution >= 4 is 22.9 Å². The van der Waals surface area contributed by atoms with Gasteiger partial charge in [0.1, 0.15) is 5.82 Å². The highest BCUT2D eigenvalue weighted by molar-refractivity contribution is 7.19. The number of rotatable bonds is 1. The van der Waals surface area contributed by atoms with E-state index >= 15 is 0 Å². The van der Waals surface area contributed by atoms with Gasteiger partial charge in [-0.2, -0.15) is 0 Å². The molecule has 0 saturated carbocycles. The SMILES string of the molecule is Clc1ccc(-c2cn3c(n2)CCCC3)s1. The summed E-state index contributed by atoms with van der Waals surface area (Å²) in [6, 6.07) is 3.97. The van der Waals surface area contributed by atoms with Crippen molar-refractivity contribution in [3.63, 3.8) is 0 Å². The summed E-state index contributed by atoms with van der Waals surface area (Å²) in [5.74, 6) is 1.22. The zero-order chi connectivity index (χ0) is 10.3. The van der Waals surface area contributed by atoms with Crippen LogP contribution in [0.4, 0.5) is 0 Å². The summed E-state index contributed by atoms with van der Waals surface area (Å²) in [7, 11) is 0. The molecule has 0 fully saturated rings. The first-order valence-corrected chi connectivity index (χ1v) is 6.34. The van der Waals surface area contributed by atoms with Gasteiger partial charge in [0.2, 0.25) is 0 Å². The van der Waals surface area contributed by atoms with Crippen LogP contribution < -0.4 is 0 Å². The second kappa shape index (κ2) is 3.65. The number of hydrogen-bond acceptors (Lipinski definition) is 2. The molecule has 0 saturated heterocycles. The van der Waals surface area contributed by atoms with Crippen LogP contribution in [-0.4, -0.2) is 9.55 Å². The molecular formula is C11H11ClN2S. The highest BCUT2D eigenvalue weighted by Gasteiger charge is 2.13. The van der Waals surface area contributed by atoms with Crippen LogP contribution in [0, 0.1) is 0 Å². The van der Waals surface area contributed by atoms with Gasteiger partial charge in [0, 0.05) is 19.2 Å². The molecule has 2 nitrogen and oxygen atoms in total. The lowest BCUT2D eigenvalue weighted by Gasteiger charge is -2.11. The highest BCUT2D eigenvalue weighted by atomic mass is 35.5. The molecule has 0 aromatic carbocycles. The summed E-state index contributed by atoms with van der Waals surface area (Å²) >= 11 is 7.51. The van der Waals surface area contributed by atoms with Crippen LogP contribution in [0.5, 0.6) is 0 Å². The lowest BCUT2D eigenvalue weighted by Crippen LogP contribution is -2.08. The molecule has 0 aliphatic carbocycles. The van der Waals surface area contributed by atoms with Crippen LogP contribution in [0.1, 0.15) is 18.7 Å². The van der Waals surface area contributed by atoms with Gasteiger partial charge < -0.3 is 4.57 Å². The molecule has 15 heavy (non-hydrogen) atoms. The molecule has 0 amide bonds. The van der Waals surface area contributed by atoms with Gasteiger partial charge in [-0.05, 0) is 25.0 Å². The van der Waals surface area contributed by atoms with Crippen molar-refractivity contribution in [3.05, 3.63) is 28.5 Å². The van der Waals surface area contributed by atoms with Crippen LogP contribution in [0.3, 0.4) is 0 Å². The second-order valence-electron chi connectivity index (χ2n) is 3.80. The van der Waals surface area contributed by atoms with E-state index in [1.54, 1.807) is 11.3 Å². The van der Waals surface area contributed by atoms with Gasteiger partial charge in [0.25, 0.3) is 0 Å². The number of nitrogens with zero attached hydrogens (tertiary/aromatic N) is 2. The van der Waals surface area contributed by atoms with E-state index in [-0.39, 0.29) is 0 Å². The maximum atomic E-state index is 5.92. The largest absolute Gasteiger partial charge is 0.334 e. The normalized spacial score (nSPS) is 15.3. The van der Waals surface area contributed by atoms with E-state index in [4.69, 9.17) is 11.6 Å². The predicted molar refractivity (Wildman–Crippen MR) is 63.5 cm³/mol. The molecular weight excluding hydrogens is 228 g/mol. The molecule has 1 aliphatic heterocycles. The minimum atomic E-state index is 0.830. The zero-order valence-electron chi connectivity index (χ0n) is 8.24. The van der Waals surface area contributed by atoms with Gasteiger partial charge in [-0.3, -0.25) is 0 Å². The molecule has 3 heterocycles. The third-order valence-corrected chi connectivity index (χ3v) is 3.99. The molecule has 0 spiro atoms. The minimum absolute atomic E-state index is 0.830. The molecule has 4 heteroatoms. The molecule has 1 aliphatic rings. The van der Waals surface area contributed by atoms with E-state index in [1.807, 2.05) is 12.1 Å². The Labute approximate surface area is 97.5 Å². The summed E-state index contributed by atoms with van der Waals surface area (Å²) < 4.78 is 3.10. The Morgan fingerprint density at radius 2 is 2.27 bits per heavy atom. The number of fused-ring (bicyclic) bond motifs is 1. The van der Waals surface area contributed by atoms with E-state index < -0.39 is 0 Å². The Kier molecular flexibility index (Phi) is 2.29. The van der Waals surface area contributed by atoms with Crippen molar-refractivity contribution in [3.8, 4) is 10.6 Å². The lowest BCUT2D eigenvalue weighted by atomic mass is 10.2. The Morgan fingerprint density at radius 1 is 1.33 bits per heavy atom. The van der Waals surface area contributed by atoms with Crippen LogP contribution in [0.15, 0.2) is 18.3 Å². The van der Waals surface area contributed by atoms with E-state index in [0.29, 0.717) is 0 Å². The number of imidazole rings is 1. The van der Waals surface area contributed by atoms with Crippen molar-refractivity contribution in [2.75, 3.05) is 0 Å². The van der Waals surface area contributed by atoms with E-state index in [1.165, 1.54) is 23.5 Å². The third-order valence-electron chi connectivity index (χ3n) is 2.73. The van der Waals surface area contributed by atoms with Crippen molar-refractivity contribution in [2.24, 2.45) is 0 Å². The van der Waals surface area contributed by atoms with Crippen molar-refractivity contribution < 1.29 is 0 Å². The average Bonchev–Trinajstić information content (AvgIpc) is 2.82. The molecule has 0 N–H and O–H groups in total. The zero-order valence-corrected chi connectivity index (χ0v) is 9.81. The van der Waals surface area contributed by atoms with Crippen molar-refractivity contribution in [1.29, 1.82) is 0 Å². The predicted octanol–water partition coefficient (Wildman–Crippen LogP) is 3.60. The molecule has 78 valence electrons. The number of aryl methyl sites for hydroxylation is 2. The van der Waals surface area contributed by atoms with Gasteiger partial charge in [-0.15, -0.1) is 11.3 Å². The first kappa shape index (κ1) is 9.43. The number of hydrogen-bond donors (Lipinski definition) is 0. The topological polar surface area (TPSA) is 17.8 Å². The van der Waals surface area contributed by atoms with Crippen LogP contribution in [0.25, 0.3) is 10.6 Å². The minimum Gasteiger partial charge on any atom is -0.334 e. The van der Waals surface area contributed by atoms with Gasteiger partial charge in [-0.1, -0.05) is 11.6 Å². The molecule has 0 bridgehead atoms. The van der Waals surface area contributed by atoms with Gasteiger partial charge in [-0.25, -0.2) is 4.98 Å². The summed E-state index contributed by atoms with van der Waals surface area (Å²) in [5, 5.41) is 0. The van der Waals surface area contributed by atoms with Gasteiger partial charge in [0.05, 0.1) is 14.9 Å². The van der Waals surface area contributed by atoms with Crippen molar-refractivity contribution in [2.45, 2.75) is 25.8 Å². The van der Waals surface area contributed by atoms with Crippen LogP contribution >= 0.6 is 22.9 Å². The van der Waals surface area contributed by atoms with Gasteiger partial charge >= 0.3 is 0 Å². The van der Waals surface area contributed by atoms with E-state index in [0.717, 1.165) is 23.0 Å². The smallest absolute Gasteiger partial charge is 0.109 e. The van der Waals surface area contributed by atoms with Crippen LogP contribution in [0.2, 0.25) is 4.34 Å². The number of aromatic nitrogens is 2. The summed E-state index contributed by atoms with van der Waals surface area (Å²) in [4.78, 5) is 5.82. The lowest BCUT2D eigenvalue weighted by molar-refractivity contribution is 0.522. The molecule has 2 aromatic rings. The monoisotopic (exact) mass is 238 g/mol. The fraction of sp³-hybridized carbons (Fsp3) is 0.364. The standard InChI is InChI=1S/C11H11ClN2S/c12-10-5-4-9(15-10)8-7-14-6-2-1-3-11(14)13-8/h4-5,7H,1-3,6H2. The quantitative estimate of drug-likeness (QED) is 0.742. The van der Waals surface area contributed by atoms with E-state index in [9.17, 15) is 0 Å². The molecule has 0 unspecified atom stereocenters. The van der Waals surface area contributed by atoms with E-state index in [2.05, 4.69) is 15.7 Å². The fourth-order valence-corrected chi connectivity index (χ4v) is 2.98. The first-order valence-electron chi connectivity index (χ1n) is 5.15. The summed E-state index contributed by atoms with van der Waals surface area (Å²) in [5.41, 5.74) is 1.07. The van der Waals surface area contributed by atoms with Gasteiger partial charge in [0.15, 0.2) is 0 Å². The molecule has 3 rings (SSSR count). The molecule has 0 atom stereocenters. The first-order chi connectivity index (χ1) is 7.33. The second-order valence-corrected chi connectivity index (χ2v) is 5.51. The average molecular weight is 239 g/mol. The Balaban J connectivity index is 2.02. The fourth-order valence-electron chi connectivity index (χ4n) is 1.98. The number of halogens is 1. The Hall–Kier alpha value is -0.800. The summed E-state index contributed by atoms with van der Waals surface area (Å²) in [6.07, 6.45) is 5.80. The Bertz CT molecular complexity index is 463. The number of thiophene rings is 1. The van der Waals surface area contributed by atoms with Crippen molar-refractivity contribution in [1.82, 2.24) is 9.55 Å². The molecule has 2 aromatic heterocycles. The maximum absolute atomic E-state index is 5.92. The highest BCUT2D eigenvalue weighted by Crippen LogP contribution is 2.31.